The third-order valence-electron chi connectivity index (χ3n) is 4.87. The Labute approximate surface area is 163 Å². The molecular formula is C20H23Cl2NO3. The molecule has 0 aromatic heterocycles. The monoisotopic (exact) mass is 395 g/mol. The number of aliphatic hydroxyl groups excluding tert-OH is 1. The van der Waals surface area contributed by atoms with Crippen molar-refractivity contribution < 1.29 is 15.0 Å². The number of carboxylic acids is 1. The molecule has 0 amide bonds. The molecule has 1 aliphatic carbocycles. The second-order valence-corrected chi connectivity index (χ2v) is 7.22. The van der Waals surface area contributed by atoms with Gasteiger partial charge in [0.05, 0.1) is 15.5 Å². The first-order chi connectivity index (χ1) is 12.4. The number of aliphatic hydroxyl groups is 1. The number of hydrogen-bond donors (Lipinski definition) is 3. The SMILES string of the molecule is CNC(C)c1ccccc1.O=C(O)[C@@]1(c2ccc(Cl)c(Cl)c2)C[C@H]1CO. The Hall–Kier alpha value is -1.59. The average Bonchev–Trinajstić information content (AvgIpc) is 3.41. The molecule has 3 rings (SSSR count). The van der Waals surface area contributed by atoms with Crippen LogP contribution >= 0.6 is 23.2 Å². The third-order valence-corrected chi connectivity index (χ3v) is 5.61. The van der Waals surface area contributed by atoms with E-state index in [0.29, 0.717) is 28.1 Å². The lowest BCUT2D eigenvalue weighted by Gasteiger charge is -2.13. The van der Waals surface area contributed by atoms with Crippen molar-refractivity contribution in [2.75, 3.05) is 13.7 Å². The van der Waals surface area contributed by atoms with E-state index in [1.165, 1.54) is 5.56 Å². The van der Waals surface area contributed by atoms with Gasteiger partial charge in [-0.1, -0.05) is 59.6 Å². The molecule has 1 aliphatic rings. The Morgan fingerprint density at radius 1 is 1.23 bits per heavy atom. The van der Waals surface area contributed by atoms with Crippen molar-refractivity contribution in [3.05, 3.63) is 69.7 Å². The summed E-state index contributed by atoms with van der Waals surface area (Å²) in [4.78, 5) is 11.3. The standard InChI is InChI=1S/C11H10Cl2O3.C9H13N/c12-8-2-1-6(3-9(8)13)11(10(15)16)4-7(11)5-14;1-8(10-2)9-6-4-3-5-7-9/h1-3,7,14H,4-5H2,(H,15,16);3-8,10H,1-2H3/t7-,11+;/m0./s1. The molecule has 3 atom stereocenters. The van der Waals surface area contributed by atoms with Crippen LogP contribution < -0.4 is 5.32 Å². The van der Waals surface area contributed by atoms with Crippen LogP contribution in [0.1, 0.15) is 30.5 Å². The zero-order chi connectivity index (χ0) is 19.3. The van der Waals surface area contributed by atoms with Gasteiger partial charge in [-0.3, -0.25) is 4.79 Å². The van der Waals surface area contributed by atoms with Crippen molar-refractivity contribution in [1.29, 1.82) is 0 Å². The Balaban J connectivity index is 0.000000209. The van der Waals surface area contributed by atoms with E-state index in [1.54, 1.807) is 18.2 Å². The Bertz CT molecular complexity index is 754. The van der Waals surface area contributed by atoms with Gasteiger partial charge in [-0.2, -0.15) is 0 Å². The summed E-state index contributed by atoms with van der Waals surface area (Å²) in [5.41, 5.74) is 0.960. The molecule has 2 aromatic rings. The van der Waals surface area contributed by atoms with Gasteiger partial charge >= 0.3 is 5.97 Å². The summed E-state index contributed by atoms with van der Waals surface area (Å²) in [5.74, 6) is -1.16. The van der Waals surface area contributed by atoms with Gasteiger partial charge in [0.2, 0.25) is 0 Å². The molecule has 3 N–H and O–H groups in total. The summed E-state index contributed by atoms with van der Waals surface area (Å²) in [6.45, 7) is 2.02. The highest BCUT2D eigenvalue weighted by Crippen LogP contribution is 2.54. The van der Waals surface area contributed by atoms with E-state index in [1.807, 2.05) is 13.1 Å². The highest BCUT2D eigenvalue weighted by Gasteiger charge is 2.61. The fourth-order valence-electron chi connectivity index (χ4n) is 2.97. The largest absolute Gasteiger partial charge is 0.481 e. The maximum Gasteiger partial charge on any atom is 0.314 e. The summed E-state index contributed by atoms with van der Waals surface area (Å²) in [5, 5.41) is 22.2. The summed E-state index contributed by atoms with van der Waals surface area (Å²) < 4.78 is 0. The minimum absolute atomic E-state index is 0.132. The second-order valence-electron chi connectivity index (χ2n) is 6.41. The summed E-state index contributed by atoms with van der Waals surface area (Å²) in [6.07, 6.45) is 0.441. The number of halogens is 2. The fraction of sp³-hybridized carbons (Fsp3) is 0.350. The number of carbonyl (C=O) groups is 1. The molecule has 0 spiro atoms. The van der Waals surface area contributed by atoms with Gasteiger partial charge in [-0.25, -0.2) is 0 Å². The predicted molar refractivity (Wildman–Crippen MR) is 105 cm³/mol. The minimum Gasteiger partial charge on any atom is -0.481 e. The van der Waals surface area contributed by atoms with Gasteiger partial charge in [0.25, 0.3) is 0 Å². The van der Waals surface area contributed by atoms with Crippen molar-refractivity contribution in [3.8, 4) is 0 Å². The van der Waals surface area contributed by atoms with E-state index >= 15 is 0 Å². The molecule has 0 bridgehead atoms. The minimum atomic E-state index is -0.983. The van der Waals surface area contributed by atoms with E-state index < -0.39 is 11.4 Å². The third kappa shape index (κ3) is 4.38. The van der Waals surface area contributed by atoms with Crippen molar-refractivity contribution >= 4 is 29.2 Å². The normalized spacial score (nSPS) is 22.1. The molecule has 0 aliphatic heterocycles. The number of benzene rings is 2. The first-order valence-electron chi connectivity index (χ1n) is 8.38. The van der Waals surface area contributed by atoms with E-state index in [0.717, 1.165) is 0 Å². The van der Waals surface area contributed by atoms with Gasteiger partial charge in [-0.05, 0) is 43.7 Å². The van der Waals surface area contributed by atoms with Crippen LogP contribution in [0.2, 0.25) is 10.0 Å². The Morgan fingerprint density at radius 3 is 2.35 bits per heavy atom. The lowest BCUT2D eigenvalue weighted by molar-refractivity contribution is -0.140. The van der Waals surface area contributed by atoms with E-state index in [2.05, 4.69) is 36.5 Å². The van der Waals surface area contributed by atoms with Crippen molar-refractivity contribution in [3.63, 3.8) is 0 Å². The highest BCUT2D eigenvalue weighted by molar-refractivity contribution is 6.42. The first kappa shape index (κ1) is 20.7. The van der Waals surface area contributed by atoms with Gasteiger partial charge in [0, 0.05) is 18.6 Å². The van der Waals surface area contributed by atoms with E-state index in [4.69, 9.17) is 28.3 Å². The van der Waals surface area contributed by atoms with Crippen LogP contribution in [-0.2, 0) is 10.2 Å². The molecular weight excluding hydrogens is 373 g/mol. The number of rotatable bonds is 5. The van der Waals surface area contributed by atoms with Gasteiger partial charge in [0.1, 0.15) is 0 Å². The fourth-order valence-corrected chi connectivity index (χ4v) is 3.27. The van der Waals surface area contributed by atoms with Crippen molar-refractivity contribution in [2.24, 2.45) is 5.92 Å². The molecule has 26 heavy (non-hydrogen) atoms. The van der Waals surface area contributed by atoms with Crippen LogP contribution in [0.25, 0.3) is 0 Å². The number of carboxylic acid groups (broad SMARTS) is 1. The molecule has 1 unspecified atom stereocenters. The second kappa shape index (κ2) is 8.87. The van der Waals surface area contributed by atoms with Crippen molar-refractivity contribution in [2.45, 2.75) is 24.8 Å². The molecule has 0 heterocycles. The maximum absolute atomic E-state index is 11.3. The van der Waals surface area contributed by atoms with Gasteiger partial charge in [-0.15, -0.1) is 0 Å². The number of nitrogens with one attached hydrogen (secondary N) is 1. The number of hydrogen-bond acceptors (Lipinski definition) is 3. The van der Waals surface area contributed by atoms with Crippen molar-refractivity contribution in [1.82, 2.24) is 5.32 Å². The van der Waals surface area contributed by atoms with Crippen LogP contribution in [0.3, 0.4) is 0 Å². The van der Waals surface area contributed by atoms with Crippen LogP contribution in [0.4, 0.5) is 0 Å². The lowest BCUT2D eigenvalue weighted by Crippen LogP contribution is -2.23. The summed E-state index contributed by atoms with van der Waals surface area (Å²) >= 11 is 11.6. The lowest BCUT2D eigenvalue weighted by atomic mass is 9.93. The van der Waals surface area contributed by atoms with Crippen LogP contribution in [-0.4, -0.2) is 29.8 Å². The first-order valence-corrected chi connectivity index (χ1v) is 9.14. The topological polar surface area (TPSA) is 69.6 Å². The highest BCUT2D eigenvalue weighted by atomic mass is 35.5. The molecule has 6 heteroatoms. The van der Waals surface area contributed by atoms with Gasteiger partial charge < -0.3 is 15.5 Å². The molecule has 0 saturated heterocycles. The van der Waals surface area contributed by atoms with Crippen LogP contribution in [0.15, 0.2) is 48.5 Å². The molecule has 1 fully saturated rings. The van der Waals surface area contributed by atoms with E-state index in [-0.39, 0.29) is 12.5 Å². The van der Waals surface area contributed by atoms with Crippen LogP contribution in [0.5, 0.6) is 0 Å². The summed E-state index contributed by atoms with van der Waals surface area (Å²) in [6, 6.07) is 15.7. The smallest absolute Gasteiger partial charge is 0.314 e. The number of aliphatic carboxylic acids is 1. The Kier molecular flexibility index (Phi) is 7.07. The summed E-state index contributed by atoms with van der Waals surface area (Å²) in [7, 11) is 1.97. The zero-order valence-corrected chi connectivity index (χ0v) is 16.3. The Morgan fingerprint density at radius 2 is 1.88 bits per heavy atom. The molecule has 4 nitrogen and oxygen atoms in total. The molecule has 2 aromatic carbocycles. The average molecular weight is 396 g/mol. The van der Waals surface area contributed by atoms with E-state index in [9.17, 15) is 9.90 Å². The molecule has 1 saturated carbocycles. The zero-order valence-electron chi connectivity index (χ0n) is 14.7. The molecule has 140 valence electrons. The molecule has 0 radical (unpaired) electrons. The van der Waals surface area contributed by atoms with Gasteiger partial charge in [0.15, 0.2) is 0 Å². The van der Waals surface area contributed by atoms with Crippen LogP contribution in [0, 0.1) is 5.92 Å². The predicted octanol–water partition coefficient (Wildman–Crippen LogP) is 4.30. The maximum atomic E-state index is 11.3. The quantitative estimate of drug-likeness (QED) is 0.705.